The lowest BCUT2D eigenvalue weighted by Gasteiger charge is -2.26. The van der Waals surface area contributed by atoms with Gasteiger partial charge in [0.1, 0.15) is 11.5 Å². The third-order valence-corrected chi connectivity index (χ3v) is 7.22. The van der Waals surface area contributed by atoms with Gasteiger partial charge in [0.25, 0.3) is 0 Å². The third kappa shape index (κ3) is 6.14. The molecule has 2 heterocycles. The maximum atomic E-state index is 13.2. The first-order chi connectivity index (χ1) is 16.9. The number of methoxy groups -OCH3 is 1. The molecule has 0 aliphatic rings. The Morgan fingerprint density at radius 2 is 1.80 bits per heavy atom. The third-order valence-electron chi connectivity index (χ3n) is 5.61. The molecule has 0 spiro atoms. The predicted molar refractivity (Wildman–Crippen MR) is 142 cm³/mol. The van der Waals surface area contributed by atoms with E-state index >= 15 is 0 Å². The molecular weight excluding hydrogens is 460 g/mol. The maximum absolute atomic E-state index is 13.2. The molecule has 0 radical (unpaired) electrons. The van der Waals surface area contributed by atoms with E-state index in [2.05, 4.69) is 21.3 Å². The number of rotatable bonds is 10. The van der Waals surface area contributed by atoms with E-state index < -0.39 is 15.7 Å². The highest BCUT2D eigenvalue weighted by Gasteiger charge is 2.27. The monoisotopic (exact) mass is 492 g/mol. The highest BCUT2D eigenvalue weighted by molar-refractivity contribution is 7.84. The number of para-hydroxylation sites is 1. The minimum absolute atomic E-state index is 0.261. The molecule has 4 aromatic rings. The summed E-state index contributed by atoms with van der Waals surface area (Å²) in [5.41, 5.74) is 4.32. The Morgan fingerprint density at radius 3 is 2.60 bits per heavy atom. The van der Waals surface area contributed by atoms with Crippen molar-refractivity contribution >= 4 is 27.8 Å². The topological polar surface area (TPSA) is 89.3 Å². The van der Waals surface area contributed by atoms with E-state index in [0.717, 1.165) is 39.3 Å². The zero-order valence-electron chi connectivity index (χ0n) is 20.6. The molecule has 2 atom stereocenters. The molecule has 0 aliphatic carbocycles. The zero-order chi connectivity index (χ0) is 24.8. The lowest BCUT2D eigenvalue weighted by atomic mass is 9.94. The Kier molecular flexibility index (Phi) is 7.95. The number of pyridine rings is 1. The predicted octanol–water partition coefficient (Wildman–Crippen LogP) is 5.28. The van der Waals surface area contributed by atoms with Crippen molar-refractivity contribution in [2.75, 3.05) is 25.6 Å². The van der Waals surface area contributed by atoms with Crippen LogP contribution in [0, 0.1) is 0 Å². The lowest BCUT2D eigenvalue weighted by molar-refractivity contribution is 0.210. The van der Waals surface area contributed by atoms with Crippen LogP contribution >= 0.6 is 0 Å². The van der Waals surface area contributed by atoms with Gasteiger partial charge >= 0.3 is 0 Å². The van der Waals surface area contributed by atoms with Gasteiger partial charge in [0, 0.05) is 36.7 Å². The number of ether oxygens (including phenoxy) is 1. The Balaban J connectivity index is 1.72. The highest BCUT2D eigenvalue weighted by atomic mass is 32.2. The molecule has 2 aromatic heterocycles. The molecule has 0 amide bonds. The number of nitrogens with one attached hydrogen (secondary N) is 2. The van der Waals surface area contributed by atoms with Gasteiger partial charge in [-0.3, -0.25) is 0 Å². The van der Waals surface area contributed by atoms with E-state index in [9.17, 15) is 4.21 Å². The van der Waals surface area contributed by atoms with Crippen molar-refractivity contribution in [3.05, 3.63) is 78.0 Å². The fourth-order valence-corrected chi connectivity index (χ4v) is 4.62. The van der Waals surface area contributed by atoms with E-state index in [1.807, 2.05) is 81.4 Å². The SMILES string of the molecule is COCCNc1cccc(C[C@H](N[S@@](=O)C(C)(C)C)c2ccccc2-c2noc3ccccc23)n1. The number of hydrogen-bond acceptors (Lipinski definition) is 6. The van der Waals surface area contributed by atoms with Crippen molar-refractivity contribution in [1.82, 2.24) is 14.9 Å². The van der Waals surface area contributed by atoms with Crippen LogP contribution < -0.4 is 10.0 Å². The molecule has 0 bridgehead atoms. The Labute approximate surface area is 208 Å². The standard InChI is InChI=1S/C27H32N4O3S/c1-27(2,3)35(32)31-23(18-19-10-9-15-25(29-19)28-16-17-33-4)20-11-5-6-12-21(20)26-22-13-7-8-14-24(22)34-30-26/h5-15,23,31H,16-18H2,1-4H3,(H,28,29)/t23-,35-/m0/s1. The fraction of sp³-hybridized carbons (Fsp3) is 0.333. The van der Waals surface area contributed by atoms with Crippen LogP contribution in [0.4, 0.5) is 5.82 Å². The lowest BCUT2D eigenvalue weighted by Crippen LogP contribution is -2.36. The van der Waals surface area contributed by atoms with Crippen molar-refractivity contribution < 1.29 is 13.5 Å². The van der Waals surface area contributed by atoms with Crippen molar-refractivity contribution in [1.29, 1.82) is 0 Å². The van der Waals surface area contributed by atoms with Crippen molar-refractivity contribution in [2.45, 2.75) is 38.0 Å². The van der Waals surface area contributed by atoms with Gasteiger partial charge in [-0.2, -0.15) is 0 Å². The molecule has 0 saturated heterocycles. The Bertz CT molecular complexity index is 1300. The van der Waals surface area contributed by atoms with Crippen molar-refractivity contribution in [3.63, 3.8) is 0 Å². The molecule has 0 fully saturated rings. The largest absolute Gasteiger partial charge is 0.383 e. The molecule has 35 heavy (non-hydrogen) atoms. The Hall–Kier alpha value is -3.07. The Morgan fingerprint density at radius 1 is 1.03 bits per heavy atom. The molecule has 2 N–H and O–H groups in total. The first-order valence-corrected chi connectivity index (χ1v) is 12.8. The minimum atomic E-state index is -1.29. The summed E-state index contributed by atoms with van der Waals surface area (Å²) >= 11 is 0. The molecule has 0 unspecified atom stereocenters. The number of hydrogen-bond donors (Lipinski definition) is 2. The number of aromatic nitrogens is 2. The van der Waals surface area contributed by atoms with Gasteiger partial charge in [0.05, 0.1) is 28.4 Å². The van der Waals surface area contributed by atoms with E-state index in [4.69, 9.17) is 14.2 Å². The van der Waals surface area contributed by atoms with Crippen LogP contribution in [-0.2, 0) is 22.1 Å². The molecule has 7 nitrogen and oxygen atoms in total. The minimum Gasteiger partial charge on any atom is -0.383 e. The molecule has 8 heteroatoms. The second kappa shape index (κ2) is 11.1. The van der Waals surface area contributed by atoms with Crippen LogP contribution in [0.15, 0.2) is 71.3 Å². The second-order valence-corrected chi connectivity index (χ2v) is 11.3. The van der Waals surface area contributed by atoms with Gasteiger partial charge in [-0.1, -0.05) is 47.6 Å². The first kappa shape index (κ1) is 25.0. The van der Waals surface area contributed by atoms with Gasteiger partial charge < -0.3 is 14.6 Å². The fourth-order valence-electron chi connectivity index (χ4n) is 3.80. The molecule has 4 rings (SSSR count). The maximum Gasteiger partial charge on any atom is 0.167 e. The van der Waals surface area contributed by atoms with Crippen LogP contribution in [0.5, 0.6) is 0 Å². The average molecular weight is 493 g/mol. The summed E-state index contributed by atoms with van der Waals surface area (Å²) in [5.74, 6) is 0.783. The molecule has 184 valence electrons. The van der Waals surface area contributed by atoms with Gasteiger partial charge in [-0.25, -0.2) is 13.9 Å². The normalized spacial score (nSPS) is 13.6. The number of benzene rings is 2. The van der Waals surface area contributed by atoms with Crippen LogP contribution in [0.3, 0.4) is 0 Å². The number of fused-ring (bicyclic) bond motifs is 1. The van der Waals surface area contributed by atoms with E-state index in [-0.39, 0.29) is 6.04 Å². The summed E-state index contributed by atoms with van der Waals surface area (Å²) in [5, 5.41) is 8.61. The van der Waals surface area contributed by atoms with Crippen LogP contribution in [0.1, 0.15) is 38.1 Å². The van der Waals surface area contributed by atoms with Crippen molar-refractivity contribution in [3.8, 4) is 11.3 Å². The molecule has 2 aromatic carbocycles. The van der Waals surface area contributed by atoms with E-state index in [0.29, 0.717) is 19.6 Å². The molecule has 0 saturated carbocycles. The summed E-state index contributed by atoms with van der Waals surface area (Å²) in [6.45, 7) is 7.15. The summed E-state index contributed by atoms with van der Waals surface area (Å²) in [7, 11) is 0.384. The summed E-state index contributed by atoms with van der Waals surface area (Å²) < 4.78 is 26.9. The second-order valence-electron chi connectivity index (χ2n) is 9.30. The zero-order valence-corrected chi connectivity index (χ0v) is 21.4. The van der Waals surface area contributed by atoms with Crippen LogP contribution in [0.2, 0.25) is 0 Å². The first-order valence-electron chi connectivity index (χ1n) is 11.7. The number of nitrogens with zero attached hydrogens (tertiary/aromatic N) is 2. The quantitative estimate of drug-likeness (QED) is 0.293. The summed E-state index contributed by atoms with van der Waals surface area (Å²) in [6, 6.07) is 21.5. The van der Waals surface area contributed by atoms with Gasteiger partial charge in [-0.05, 0) is 50.6 Å². The van der Waals surface area contributed by atoms with Crippen LogP contribution in [0.25, 0.3) is 22.2 Å². The average Bonchev–Trinajstić information content (AvgIpc) is 3.27. The van der Waals surface area contributed by atoms with Gasteiger partial charge in [-0.15, -0.1) is 0 Å². The number of anilines is 1. The smallest absolute Gasteiger partial charge is 0.167 e. The summed E-state index contributed by atoms with van der Waals surface area (Å²) in [4.78, 5) is 4.78. The molecular formula is C27H32N4O3S. The van der Waals surface area contributed by atoms with E-state index in [1.165, 1.54) is 0 Å². The van der Waals surface area contributed by atoms with Crippen molar-refractivity contribution in [2.24, 2.45) is 0 Å². The van der Waals surface area contributed by atoms with E-state index in [1.54, 1.807) is 7.11 Å². The molecule has 0 aliphatic heterocycles. The van der Waals surface area contributed by atoms with Gasteiger partial charge in [0.15, 0.2) is 5.58 Å². The highest BCUT2D eigenvalue weighted by Crippen LogP contribution is 2.34. The van der Waals surface area contributed by atoms with Crippen LogP contribution in [-0.4, -0.2) is 39.4 Å². The summed E-state index contributed by atoms with van der Waals surface area (Å²) in [6.07, 6.45) is 0.550. The van der Waals surface area contributed by atoms with Gasteiger partial charge in [0.2, 0.25) is 0 Å².